The zero-order valence-electron chi connectivity index (χ0n) is 24.3. The fourth-order valence-corrected chi connectivity index (χ4v) is 6.58. The van der Waals surface area contributed by atoms with Gasteiger partial charge in [-0.25, -0.2) is 9.59 Å². The van der Waals surface area contributed by atoms with Gasteiger partial charge in [0.15, 0.2) is 6.10 Å². The Morgan fingerprint density at radius 1 is 0.897 bits per heavy atom. The van der Waals surface area contributed by atoms with Gasteiger partial charge in [-0.15, -0.1) is 0 Å². The molecule has 2 aromatic rings. The molecule has 0 unspecified atom stereocenters. The van der Waals surface area contributed by atoms with Crippen molar-refractivity contribution in [2.45, 2.75) is 98.4 Å². The molecule has 210 valence electrons. The summed E-state index contributed by atoms with van der Waals surface area (Å²) in [7, 11) is 0. The van der Waals surface area contributed by atoms with Gasteiger partial charge in [-0.1, -0.05) is 6.07 Å². The maximum absolute atomic E-state index is 13.5. The van der Waals surface area contributed by atoms with Gasteiger partial charge < -0.3 is 24.4 Å². The molecule has 0 radical (unpaired) electrons. The quantitative estimate of drug-likeness (QED) is 0.487. The largest absolute Gasteiger partial charge is 0.493 e. The van der Waals surface area contributed by atoms with Gasteiger partial charge in [0.05, 0.1) is 12.2 Å². The number of carboxylic acid groups (broad SMARTS) is 1. The molecule has 5 rings (SSSR count). The Balaban J connectivity index is 1.68. The van der Waals surface area contributed by atoms with Gasteiger partial charge in [-0.3, -0.25) is 0 Å². The topological polar surface area (TPSA) is 79.3 Å². The third kappa shape index (κ3) is 5.13. The Morgan fingerprint density at radius 3 is 2.21 bits per heavy atom. The number of fused-ring (bicyclic) bond motifs is 2. The lowest BCUT2D eigenvalue weighted by Gasteiger charge is -2.31. The number of aliphatic carboxylic acids is 1. The summed E-state index contributed by atoms with van der Waals surface area (Å²) in [6.07, 6.45) is 4.03. The van der Waals surface area contributed by atoms with E-state index in [1.54, 1.807) is 0 Å². The molecule has 2 amide bonds. The fourth-order valence-electron chi connectivity index (χ4n) is 6.58. The van der Waals surface area contributed by atoms with Crippen LogP contribution in [-0.4, -0.2) is 52.2 Å². The molecule has 0 spiro atoms. The van der Waals surface area contributed by atoms with Gasteiger partial charge >= 0.3 is 12.0 Å². The van der Waals surface area contributed by atoms with E-state index in [1.165, 1.54) is 12.0 Å². The number of piperidine rings is 1. The standard InChI is InChI=1S/C32H42N2O5/c1-19-22-11-10-16-38-26(22)13-12-23(19)27-20(2)24-17-34(31(37)33-14-8-7-9-15-33)18-25(24)21(3)28(27)29(30(35)36)39-32(4,5)6/h12-13,29H,7-11,14-18H2,1-6H3,(H,35,36)/t29-/m0/s1. The molecule has 1 fully saturated rings. The molecule has 1 saturated heterocycles. The summed E-state index contributed by atoms with van der Waals surface area (Å²) in [5.41, 5.74) is 8.40. The summed E-state index contributed by atoms with van der Waals surface area (Å²) in [6, 6.07) is 4.17. The molecule has 0 bridgehead atoms. The highest BCUT2D eigenvalue weighted by atomic mass is 16.5. The average molecular weight is 535 g/mol. The van der Waals surface area contributed by atoms with E-state index in [0.29, 0.717) is 18.7 Å². The lowest BCUT2D eigenvalue weighted by molar-refractivity contribution is -0.160. The number of benzene rings is 2. The summed E-state index contributed by atoms with van der Waals surface area (Å²) in [5.74, 6) is -0.0922. The van der Waals surface area contributed by atoms with Crippen LogP contribution in [0.2, 0.25) is 0 Å². The molecular formula is C32H42N2O5. The maximum atomic E-state index is 13.5. The number of ether oxygens (including phenoxy) is 2. The smallest absolute Gasteiger partial charge is 0.337 e. The molecule has 3 heterocycles. The summed E-state index contributed by atoms with van der Waals surface area (Å²) in [6.45, 7) is 15.2. The van der Waals surface area contributed by atoms with Crippen molar-refractivity contribution < 1.29 is 24.2 Å². The van der Waals surface area contributed by atoms with E-state index in [-0.39, 0.29) is 6.03 Å². The Morgan fingerprint density at radius 2 is 1.56 bits per heavy atom. The number of likely N-dealkylation sites (tertiary alicyclic amines) is 1. The van der Waals surface area contributed by atoms with Crippen LogP contribution in [0.3, 0.4) is 0 Å². The zero-order chi connectivity index (χ0) is 28.1. The van der Waals surface area contributed by atoms with Crippen molar-refractivity contribution in [1.82, 2.24) is 9.80 Å². The molecule has 1 N–H and O–H groups in total. The van der Waals surface area contributed by atoms with Crippen LogP contribution in [0.25, 0.3) is 11.1 Å². The number of hydrogen-bond acceptors (Lipinski definition) is 4. The number of rotatable bonds is 4. The van der Waals surface area contributed by atoms with Crippen LogP contribution < -0.4 is 4.74 Å². The highest BCUT2D eigenvalue weighted by Gasteiger charge is 2.38. The van der Waals surface area contributed by atoms with Gasteiger partial charge in [-0.2, -0.15) is 0 Å². The summed E-state index contributed by atoms with van der Waals surface area (Å²) >= 11 is 0. The molecule has 7 heteroatoms. The summed E-state index contributed by atoms with van der Waals surface area (Å²) in [5, 5.41) is 10.5. The number of carbonyl (C=O) groups excluding carboxylic acids is 1. The molecule has 0 aliphatic carbocycles. The van der Waals surface area contributed by atoms with E-state index in [4.69, 9.17) is 9.47 Å². The van der Waals surface area contributed by atoms with E-state index < -0.39 is 17.7 Å². The normalized spacial score (nSPS) is 17.9. The second-order valence-electron chi connectivity index (χ2n) is 12.3. The summed E-state index contributed by atoms with van der Waals surface area (Å²) in [4.78, 5) is 30.2. The molecular weight excluding hydrogens is 492 g/mol. The van der Waals surface area contributed by atoms with Crippen molar-refractivity contribution in [1.29, 1.82) is 0 Å². The van der Waals surface area contributed by atoms with Crippen molar-refractivity contribution in [3.63, 3.8) is 0 Å². The van der Waals surface area contributed by atoms with Crippen molar-refractivity contribution in [3.8, 4) is 16.9 Å². The SMILES string of the molecule is Cc1c(-c2c(C)c3c(c(C)c2[C@H](OC(C)(C)C)C(=O)O)CN(C(=O)N2CCCCC2)C3)ccc2c1CCCO2. The number of carboxylic acids is 1. The Bertz CT molecular complexity index is 1300. The van der Waals surface area contributed by atoms with E-state index in [0.717, 1.165) is 90.1 Å². The van der Waals surface area contributed by atoms with E-state index >= 15 is 0 Å². The minimum atomic E-state index is -1.14. The number of amides is 2. The third-order valence-electron chi connectivity index (χ3n) is 8.52. The van der Waals surface area contributed by atoms with Crippen molar-refractivity contribution in [2.75, 3.05) is 19.7 Å². The molecule has 39 heavy (non-hydrogen) atoms. The molecule has 2 aromatic carbocycles. The Labute approximate surface area is 232 Å². The molecule has 1 atom stereocenters. The van der Waals surface area contributed by atoms with Gasteiger partial charge in [0.2, 0.25) is 0 Å². The first-order chi connectivity index (χ1) is 18.5. The monoisotopic (exact) mass is 534 g/mol. The molecule has 7 nitrogen and oxygen atoms in total. The minimum Gasteiger partial charge on any atom is -0.493 e. The highest BCUT2D eigenvalue weighted by molar-refractivity contribution is 5.86. The zero-order valence-corrected chi connectivity index (χ0v) is 24.3. The van der Waals surface area contributed by atoms with Crippen LogP contribution >= 0.6 is 0 Å². The average Bonchev–Trinajstić information content (AvgIpc) is 3.36. The molecule has 3 aliphatic rings. The van der Waals surface area contributed by atoms with Crippen LogP contribution in [0.5, 0.6) is 5.75 Å². The predicted molar refractivity (Wildman–Crippen MR) is 151 cm³/mol. The number of nitrogens with zero attached hydrogens (tertiary/aromatic N) is 2. The lowest BCUT2D eigenvalue weighted by atomic mass is 9.81. The van der Waals surface area contributed by atoms with Gasteiger partial charge in [0.1, 0.15) is 5.75 Å². The van der Waals surface area contributed by atoms with E-state index in [1.807, 2.05) is 43.6 Å². The lowest BCUT2D eigenvalue weighted by Crippen LogP contribution is -2.43. The van der Waals surface area contributed by atoms with Crippen LogP contribution in [0, 0.1) is 20.8 Å². The van der Waals surface area contributed by atoms with Crippen LogP contribution in [0.15, 0.2) is 12.1 Å². The first kappa shape index (κ1) is 27.5. The first-order valence-electron chi connectivity index (χ1n) is 14.3. The Hall–Kier alpha value is -3.06. The van der Waals surface area contributed by atoms with Crippen molar-refractivity contribution >= 4 is 12.0 Å². The maximum Gasteiger partial charge on any atom is 0.337 e. The van der Waals surface area contributed by atoms with Gasteiger partial charge in [0.25, 0.3) is 0 Å². The minimum absolute atomic E-state index is 0.0793. The second kappa shape index (κ2) is 10.5. The molecule has 3 aliphatic heterocycles. The van der Waals surface area contributed by atoms with E-state index in [2.05, 4.69) is 19.9 Å². The van der Waals surface area contributed by atoms with Crippen LogP contribution in [0.4, 0.5) is 4.79 Å². The Kier molecular flexibility index (Phi) is 7.40. The summed E-state index contributed by atoms with van der Waals surface area (Å²) < 4.78 is 12.2. The highest BCUT2D eigenvalue weighted by Crippen LogP contribution is 2.46. The van der Waals surface area contributed by atoms with Gasteiger partial charge in [0, 0.05) is 31.7 Å². The number of carbonyl (C=O) groups is 2. The van der Waals surface area contributed by atoms with Crippen molar-refractivity contribution in [3.05, 3.63) is 51.1 Å². The number of hydrogen-bond donors (Lipinski definition) is 1. The van der Waals surface area contributed by atoms with Crippen LogP contribution in [0.1, 0.15) is 91.5 Å². The fraction of sp³-hybridized carbons (Fsp3) is 0.562. The van der Waals surface area contributed by atoms with Crippen LogP contribution in [-0.2, 0) is 29.0 Å². The molecule has 0 aromatic heterocycles. The first-order valence-corrected chi connectivity index (χ1v) is 14.3. The number of urea groups is 1. The predicted octanol–water partition coefficient (Wildman–Crippen LogP) is 6.47. The molecule has 0 saturated carbocycles. The van der Waals surface area contributed by atoms with E-state index in [9.17, 15) is 14.7 Å². The second-order valence-corrected chi connectivity index (χ2v) is 12.3. The van der Waals surface area contributed by atoms with Gasteiger partial charge in [-0.05, 0) is 124 Å². The van der Waals surface area contributed by atoms with Crippen molar-refractivity contribution in [2.24, 2.45) is 0 Å². The third-order valence-corrected chi connectivity index (χ3v) is 8.52.